The second-order valence-corrected chi connectivity index (χ2v) is 2.22. The zero-order valence-electron chi connectivity index (χ0n) is 5.63. The van der Waals surface area contributed by atoms with Crippen LogP contribution in [0.5, 0.6) is 0 Å². The molecule has 0 saturated heterocycles. The van der Waals surface area contributed by atoms with Crippen LogP contribution in [0.2, 0.25) is 0 Å². The lowest BCUT2D eigenvalue weighted by Gasteiger charge is -1.88. The maximum absolute atomic E-state index is 5.00. The summed E-state index contributed by atoms with van der Waals surface area (Å²) in [5.74, 6) is 0.804. The van der Waals surface area contributed by atoms with Gasteiger partial charge in [0.05, 0.1) is 24.2 Å². The van der Waals surface area contributed by atoms with Gasteiger partial charge in [-0.05, 0) is 6.92 Å². The van der Waals surface area contributed by atoms with E-state index in [2.05, 4.69) is 9.45 Å². The van der Waals surface area contributed by atoms with Gasteiger partial charge in [-0.15, -0.1) is 0 Å². The van der Waals surface area contributed by atoms with E-state index in [1.165, 1.54) is 0 Å². The smallest absolute Gasteiger partial charge is 0.139 e. The van der Waals surface area contributed by atoms with Gasteiger partial charge in [-0.3, -0.25) is 4.29 Å². The fraction of sp³-hybridized carbons (Fsp3) is 0.500. The average Bonchev–Trinajstić information content (AvgIpc) is 2.31. The topological polar surface area (TPSA) is 35.3 Å². The Morgan fingerprint density at radius 3 is 3.10 bits per heavy atom. The van der Waals surface area contributed by atoms with E-state index in [9.17, 15) is 0 Å². The highest BCUT2D eigenvalue weighted by molar-refractivity contribution is 6.07. The quantitative estimate of drug-likeness (QED) is 0.677. The van der Waals surface area contributed by atoms with E-state index in [1.807, 2.05) is 13.0 Å². The summed E-state index contributed by atoms with van der Waals surface area (Å²) in [6.07, 6.45) is 0.671. The van der Waals surface area contributed by atoms with Crippen LogP contribution in [-0.2, 0) is 10.7 Å². The Morgan fingerprint density at radius 2 is 2.60 bits per heavy atom. The van der Waals surface area contributed by atoms with Crippen LogP contribution < -0.4 is 0 Å². The zero-order chi connectivity index (χ0) is 7.40. The predicted octanol–water partition coefficient (Wildman–Crippen LogP) is 1.70. The Hall–Kier alpha value is -0.540. The summed E-state index contributed by atoms with van der Waals surface area (Å²) in [7, 11) is 0. The van der Waals surface area contributed by atoms with Gasteiger partial charge in [-0.2, -0.15) is 0 Å². The van der Waals surface area contributed by atoms with E-state index < -0.39 is 0 Å². The second kappa shape index (κ2) is 3.58. The maximum Gasteiger partial charge on any atom is 0.139 e. The van der Waals surface area contributed by atoms with E-state index in [1.54, 1.807) is 0 Å². The van der Waals surface area contributed by atoms with Crippen molar-refractivity contribution in [2.24, 2.45) is 0 Å². The normalized spacial score (nSPS) is 10.2. The van der Waals surface area contributed by atoms with Crippen LogP contribution in [0.25, 0.3) is 0 Å². The number of aromatic nitrogens is 1. The summed E-state index contributed by atoms with van der Waals surface area (Å²) in [6.45, 7) is 2.32. The molecule has 0 amide bonds. The second-order valence-electron chi connectivity index (χ2n) is 2.00. The Morgan fingerprint density at radius 1 is 1.80 bits per heavy atom. The molecule has 0 aliphatic rings. The zero-order valence-corrected chi connectivity index (χ0v) is 6.39. The number of halogens is 1. The van der Waals surface area contributed by atoms with Crippen molar-refractivity contribution in [1.82, 2.24) is 5.16 Å². The van der Waals surface area contributed by atoms with Crippen molar-refractivity contribution in [2.75, 3.05) is 6.61 Å². The van der Waals surface area contributed by atoms with E-state index in [-0.39, 0.29) is 0 Å². The predicted molar refractivity (Wildman–Crippen MR) is 36.7 cm³/mol. The van der Waals surface area contributed by atoms with Crippen LogP contribution in [0.3, 0.4) is 0 Å². The minimum atomic E-state index is 0.455. The molecule has 56 valence electrons. The van der Waals surface area contributed by atoms with Crippen LogP contribution >= 0.6 is 11.9 Å². The third-order valence-electron chi connectivity index (χ3n) is 1.10. The van der Waals surface area contributed by atoms with Crippen molar-refractivity contribution in [3.8, 4) is 0 Å². The molecule has 0 spiro atoms. The fourth-order valence-electron chi connectivity index (χ4n) is 0.673. The lowest BCUT2D eigenvalue weighted by molar-refractivity contribution is 0.317. The molecule has 0 aliphatic carbocycles. The summed E-state index contributed by atoms with van der Waals surface area (Å²) >= 11 is 5.00. The van der Waals surface area contributed by atoms with Crippen molar-refractivity contribution in [1.29, 1.82) is 0 Å². The monoisotopic (exact) mass is 161 g/mol. The first-order valence-corrected chi connectivity index (χ1v) is 3.29. The lowest BCUT2D eigenvalue weighted by Crippen LogP contribution is -1.88. The van der Waals surface area contributed by atoms with E-state index in [0.717, 1.165) is 11.5 Å². The van der Waals surface area contributed by atoms with Gasteiger partial charge < -0.3 is 4.52 Å². The first-order chi connectivity index (χ1) is 4.83. The van der Waals surface area contributed by atoms with Gasteiger partial charge in [0.25, 0.3) is 0 Å². The van der Waals surface area contributed by atoms with E-state index in [4.69, 9.17) is 16.4 Å². The van der Waals surface area contributed by atoms with E-state index in [0.29, 0.717) is 13.0 Å². The molecule has 1 aromatic rings. The molecule has 0 radical (unpaired) electrons. The Bertz CT molecular complexity index is 199. The highest BCUT2D eigenvalue weighted by atomic mass is 35.5. The first kappa shape index (κ1) is 7.57. The number of aryl methyl sites for hydroxylation is 1. The molecular weight excluding hydrogens is 154 g/mol. The molecule has 0 bridgehead atoms. The van der Waals surface area contributed by atoms with Crippen LogP contribution in [0.4, 0.5) is 0 Å². The molecule has 0 N–H and O–H groups in total. The number of hydrogen-bond acceptors (Lipinski definition) is 3. The van der Waals surface area contributed by atoms with Crippen molar-refractivity contribution >= 4 is 11.9 Å². The minimum absolute atomic E-state index is 0.455. The Kier molecular flexibility index (Phi) is 2.71. The van der Waals surface area contributed by atoms with Gasteiger partial charge >= 0.3 is 0 Å². The molecule has 0 saturated carbocycles. The SMILES string of the molecule is Cc1cc(CCOCl)on1. The molecule has 10 heavy (non-hydrogen) atoms. The molecule has 0 atom stereocenters. The molecule has 1 heterocycles. The molecule has 1 aromatic heterocycles. The molecule has 4 heteroatoms. The summed E-state index contributed by atoms with van der Waals surface area (Å²) in [4.78, 5) is 0. The molecule has 0 unspecified atom stereocenters. The van der Waals surface area contributed by atoms with Gasteiger partial charge in [0.1, 0.15) is 5.76 Å². The third-order valence-corrected chi connectivity index (χ3v) is 1.26. The highest BCUT2D eigenvalue weighted by Crippen LogP contribution is 2.02. The third kappa shape index (κ3) is 2.01. The van der Waals surface area contributed by atoms with Gasteiger partial charge in [0.15, 0.2) is 0 Å². The number of hydrogen-bond donors (Lipinski definition) is 0. The van der Waals surface area contributed by atoms with Crippen molar-refractivity contribution in [3.63, 3.8) is 0 Å². The molecule has 0 aromatic carbocycles. The standard InChI is InChI=1S/C6H8ClNO2/c1-5-4-6(10-8-5)2-3-9-7/h4H,2-3H2,1H3. The molecule has 0 fully saturated rings. The van der Waals surface area contributed by atoms with Crippen LogP contribution in [0, 0.1) is 6.92 Å². The van der Waals surface area contributed by atoms with Crippen LogP contribution in [-0.4, -0.2) is 11.8 Å². The number of nitrogens with zero attached hydrogens (tertiary/aromatic N) is 1. The van der Waals surface area contributed by atoms with Crippen LogP contribution in [0.15, 0.2) is 10.6 Å². The first-order valence-electron chi connectivity index (χ1n) is 2.98. The molecule has 0 aliphatic heterocycles. The van der Waals surface area contributed by atoms with Crippen molar-refractivity contribution < 1.29 is 8.81 Å². The lowest BCUT2D eigenvalue weighted by atomic mass is 10.3. The van der Waals surface area contributed by atoms with Gasteiger partial charge in [-0.1, -0.05) is 5.16 Å². The summed E-state index contributed by atoms with van der Waals surface area (Å²) in [5, 5.41) is 3.70. The summed E-state index contributed by atoms with van der Waals surface area (Å²) < 4.78 is 9.22. The summed E-state index contributed by atoms with van der Waals surface area (Å²) in [5.41, 5.74) is 0.879. The maximum atomic E-state index is 5.00. The van der Waals surface area contributed by atoms with Gasteiger partial charge in [0.2, 0.25) is 0 Å². The van der Waals surface area contributed by atoms with Crippen molar-refractivity contribution in [2.45, 2.75) is 13.3 Å². The Labute approximate surface area is 64.1 Å². The summed E-state index contributed by atoms with van der Waals surface area (Å²) in [6, 6.07) is 1.86. The van der Waals surface area contributed by atoms with Gasteiger partial charge in [0, 0.05) is 12.5 Å². The number of rotatable bonds is 3. The largest absolute Gasteiger partial charge is 0.361 e. The van der Waals surface area contributed by atoms with Crippen molar-refractivity contribution in [3.05, 3.63) is 17.5 Å². The van der Waals surface area contributed by atoms with Gasteiger partial charge in [-0.25, -0.2) is 0 Å². The molecular formula is C6H8ClNO2. The average molecular weight is 162 g/mol. The molecule has 1 rings (SSSR count). The molecule has 3 nitrogen and oxygen atoms in total. The highest BCUT2D eigenvalue weighted by Gasteiger charge is 1.98. The fourth-order valence-corrected chi connectivity index (χ4v) is 0.750. The van der Waals surface area contributed by atoms with Crippen LogP contribution in [0.1, 0.15) is 11.5 Å². The van der Waals surface area contributed by atoms with E-state index >= 15 is 0 Å². The Balaban J connectivity index is 2.42. The minimum Gasteiger partial charge on any atom is -0.361 e.